The van der Waals surface area contributed by atoms with Crippen molar-refractivity contribution >= 4 is 8.72 Å². The molecule has 5 heteroatoms. The Morgan fingerprint density at radius 3 is 2.17 bits per heavy atom. The summed E-state index contributed by atoms with van der Waals surface area (Å²) in [4.78, 5) is 2.47. The van der Waals surface area contributed by atoms with Crippen molar-refractivity contribution in [3.8, 4) is 0 Å². The highest BCUT2D eigenvalue weighted by Gasteiger charge is 2.48. The fraction of sp³-hybridized carbons (Fsp3) is 1.00. The first-order valence-electron chi connectivity index (χ1n) is 7.47. The van der Waals surface area contributed by atoms with Crippen LogP contribution in [0.25, 0.3) is 0 Å². The third kappa shape index (κ3) is 4.03. The molecule has 1 aliphatic rings. The van der Waals surface area contributed by atoms with Crippen molar-refractivity contribution < 1.29 is 8.85 Å². The van der Waals surface area contributed by atoms with Crippen LogP contribution in [0, 0.1) is 0 Å². The largest absolute Gasteiger partial charge is 0.427 e. The Morgan fingerprint density at radius 1 is 1.06 bits per heavy atom. The molecule has 1 aliphatic heterocycles. The summed E-state index contributed by atoms with van der Waals surface area (Å²) in [5.41, 5.74) is 0. The van der Waals surface area contributed by atoms with E-state index >= 15 is 0 Å². The highest BCUT2D eigenvalue weighted by molar-refractivity contribution is 6.65. The predicted molar refractivity (Wildman–Crippen MR) is 77.8 cm³/mol. The number of hydrogen-bond donors (Lipinski definition) is 0. The number of rotatable bonds is 9. The van der Waals surface area contributed by atoms with E-state index in [-0.39, 0.29) is 0 Å². The highest BCUT2D eigenvalue weighted by Crippen LogP contribution is 2.28. The molecule has 0 atom stereocenters. The van der Waals surface area contributed by atoms with Crippen LogP contribution >= 0.6 is 0 Å². The van der Waals surface area contributed by atoms with Crippen LogP contribution in [0.2, 0.25) is 6.04 Å². The Morgan fingerprint density at radius 2 is 1.67 bits per heavy atom. The molecule has 0 saturated carbocycles. The van der Waals surface area contributed by atoms with Gasteiger partial charge >= 0.3 is 8.72 Å². The van der Waals surface area contributed by atoms with Crippen molar-refractivity contribution in [2.75, 3.05) is 45.9 Å². The fourth-order valence-electron chi connectivity index (χ4n) is 2.73. The van der Waals surface area contributed by atoms with Gasteiger partial charge in [-0.05, 0) is 39.9 Å². The Balaban J connectivity index is 2.55. The van der Waals surface area contributed by atoms with Crippen LogP contribution in [0.4, 0.5) is 0 Å². The molecule has 0 aromatic rings. The van der Waals surface area contributed by atoms with E-state index in [0.717, 1.165) is 52.0 Å². The van der Waals surface area contributed by atoms with Crippen molar-refractivity contribution in [2.45, 2.75) is 40.2 Å². The lowest BCUT2D eigenvalue weighted by molar-refractivity contribution is 0.130. The molecular formula is C13H30N2O2Si. The second-order valence-electron chi connectivity index (χ2n) is 4.70. The molecule has 0 unspecified atom stereocenters. The molecule has 0 bridgehead atoms. The normalized spacial score (nSPS) is 19.8. The van der Waals surface area contributed by atoms with Gasteiger partial charge in [0.1, 0.15) is 0 Å². The molecule has 4 nitrogen and oxygen atoms in total. The van der Waals surface area contributed by atoms with E-state index in [0.29, 0.717) is 0 Å². The zero-order chi connectivity index (χ0) is 13.4. The molecule has 1 fully saturated rings. The molecule has 0 aliphatic carbocycles. The van der Waals surface area contributed by atoms with Crippen LogP contribution in [-0.4, -0.2) is 64.1 Å². The third-order valence-corrected chi connectivity index (χ3v) is 7.60. The summed E-state index contributed by atoms with van der Waals surface area (Å²) in [6.45, 7) is 15.8. The first-order valence-corrected chi connectivity index (χ1v) is 9.44. The lowest BCUT2D eigenvalue weighted by Crippen LogP contribution is -2.56. The second kappa shape index (κ2) is 8.27. The summed E-state index contributed by atoms with van der Waals surface area (Å²) in [6, 6.07) is 1.13. The standard InChI is InChI=1S/C13H30N2O2Si/c1-5-14(6-2)11-12-15-10-9-13-18(15,16-7-3)17-8-4/h5-13H2,1-4H3. The summed E-state index contributed by atoms with van der Waals surface area (Å²) < 4.78 is 14.6. The van der Waals surface area contributed by atoms with E-state index in [4.69, 9.17) is 8.85 Å². The summed E-state index contributed by atoms with van der Waals surface area (Å²) in [5, 5.41) is 0. The Labute approximate surface area is 114 Å². The van der Waals surface area contributed by atoms with Crippen molar-refractivity contribution in [1.82, 2.24) is 9.47 Å². The SMILES string of the molecule is CCO[Si]1(OCC)CCCN1CCN(CC)CC. The average Bonchev–Trinajstić information content (AvgIpc) is 2.75. The molecule has 1 heterocycles. The Hall–Kier alpha value is 0.0569. The molecule has 18 heavy (non-hydrogen) atoms. The quantitative estimate of drug-likeness (QED) is 0.601. The summed E-state index contributed by atoms with van der Waals surface area (Å²) >= 11 is 0. The minimum atomic E-state index is -2.05. The van der Waals surface area contributed by atoms with Gasteiger partial charge in [0, 0.05) is 32.3 Å². The van der Waals surface area contributed by atoms with Gasteiger partial charge in [-0.2, -0.15) is 0 Å². The number of nitrogens with zero attached hydrogens (tertiary/aromatic N) is 2. The lowest BCUT2D eigenvalue weighted by Gasteiger charge is -2.35. The van der Waals surface area contributed by atoms with Crippen LogP contribution in [-0.2, 0) is 8.85 Å². The fourth-order valence-corrected chi connectivity index (χ4v) is 6.23. The number of likely N-dealkylation sites (N-methyl/N-ethyl adjacent to an activating group) is 1. The van der Waals surface area contributed by atoms with Crippen molar-refractivity contribution in [3.05, 3.63) is 0 Å². The van der Waals surface area contributed by atoms with Gasteiger partial charge in [-0.15, -0.1) is 0 Å². The maximum absolute atomic E-state index is 6.07. The van der Waals surface area contributed by atoms with Crippen LogP contribution in [0.1, 0.15) is 34.1 Å². The monoisotopic (exact) mass is 274 g/mol. The van der Waals surface area contributed by atoms with Crippen molar-refractivity contribution in [2.24, 2.45) is 0 Å². The van der Waals surface area contributed by atoms with E-state index in [1.807, 2.05) is 0 Å². The maximum atomic E-state index is 6.07. The smallest absolute Gasteiger partial charge is 0.383 e. The molecule has 1 saturated heterocycles. The Kier molecular flexibility index (Phi) is 7.40. The zero-order valence-corrected chi connectivity index (χ0v) is 13.6. The molecular weight excluding hydrogens is 244 g/mol. The van der Waals surface area contributed by atoms with Gasteiger partial charge in [0.15, 0.2) is 0 Å². The molecule has 1 rings (SSSR count). The molecule has 108 valence electrons. The van der Waals surface area contributed by atoms with Crippen LogP contribution in [0.3, 0.4) is 0 Å². The summed E-state index contributed by atoms with van der Waals surface area (Å²) in [5.74, 6) is 0. The van der Waals surface area contributed by atoms with Crippen LogP contribution in [0.15, 0.2) is 0 Å². The van der Waals surface area contributed by atoms with Crippen molar-refractivity contribution in [1.29, 1.82) is 0 Å². The molecule has 0 amide bonds. The van der Waals surface area contributed by atoms with Gasteiger partial charge in [0.05, 0.1) is 0 Å². The lowest BCUT2D eigenvalue weighted by atomic mass is 10.4. The van der Waals surface area contributed by atoms with Gasteiger partial charge in [-0.1, -0.05) is 13.8 Å². The first-order chi connectivity index (χ1) is 8.72. The topological polar surface area (TPSA) is 24.9 Å². The average molecular weight is 274 g/mol. The van der Waals surface area contributed by atoms with Crippen molar-refractivity contribution in [3.63, 3.8) is 0 Å². The predicted octanol–water partition coefficient (Wildman–Crippen LogP) is 2.05. The minimum absolute atomic E-state index is 0.772. The molecule has 0 N–H and O–H groups in total. The van der Waals surface area contributed by atoms with Gasteiger partial charge < -0.3 is 13.8 Å². The highest BCUT2D eigenvalue weighted by atomic mass is 28.4. The third-order valence-electron chi connectivity index (χ3n) is 3.72. The maximum Gasteiger partial charge on any atom is 0.427 e. The molecule has 0 aromatic carbocycles. The van der Waals surface area contributed by atoms with Crippen LogP contribution < -0.4 is 0 Å². The van der Waals surface area contributed by atoms with E-state index in [2.05, 4.69) is 37.2 Å². The van der Waals surface area contributed by atoms with Gasteiger partial charge in [0.25, 0.3) is 0 Å². The molecule has 0 radical (unpaired) electrons. The number of hydrogen-bond acceptors (Lipinski definition) is 4. The van der Waals surface area contributed by atoms with Crippen LogP contribution in [0.5, 0.6) is 0 Å². The second-order valence-corrected chi connectivity index (χ2v) is 7.83. The Bertz CT molecular complexity index is 219. The van der Waals surface area contributed by atoms with E-state index in [1.54, 1.807) is 0 Å². The van der Waals surface area contributed by atoms with Gasteiger partial charge in [-0.25, -0.2) is 0 Å². The van der Waals surface area contributed by atoms with Gasteiger partial charge in [-0.3, -0.25) is 4.57 Å². The summed E-state index contributed by atoms with van der Waals surface area (Å²) in [7, 11) is -2.05. The molecule has 0 spiro atoms. The molecule has 0 aromatic heterocycles. The summed E-state index contributed by atoms with van der Waals surface area (Å²) in [6.07, 6.45) is 1.23. The van der Waals surface area contributed by atoms with E-state index < -0.39 is 8.72 Å². The van der Waals surface area contributed by atoms with E-state index in [9.17, 15) is 0 Å². The zero-order valence-electron chi connectivity index (χ0n) is 12.6. The van der Waals surface area contributed by atoms with E-state index in [1.165, 1.54) is 6.42 Å². The van der Waals surface area contributed by atoms with Gasteiger partial charge in [0.2, 0.25) is 0 Å². The first kappa shape index (κ1) is 16.1. The minimum Gasteiger partial charge on any atom is -0.383 e.